The Bertz CT molecular complexity index is 367. The van der Waals surface area contributed by atoms with Crippen molar-refractivity contribution in [2.75, 3.05) is 17.1 Å². The summed E-state index contributed by atoms with van der Waals surface area (Å²) in [4.78, 5) is 3.73. The summed E-state index contributed by atoms with van der Waals surface area (Å²) in [5.74, 6) is 0.817. The van der Waals surface area contributed by atoms with Crippen molar-refractivity contribution in [3.8, 4) is 0 Å². The van der Waals surface area contributed by atoms with Gasteiger partial charge in [0.05, 0.1) is 11.1 Å². The van der Waals surface area contributed by atoms with Crippen LogP contribution >= 0.6 is 23.2 Å². The monoisotopic (exact) mass is 300 g/mol. The third kappa shape index (κ3) is 3.65. The van der Waals surface area contributed by atoms with Gasteiger partial charge in [-0.15, -0.1) is 23.2 Å². The summed E-state index contributed by atoms with van der Waals surface area (Å²) in [6.07, 6.45) is -2.96. The van der Waals surface area contributed by atoms with Crippen LogP contribution < -0.4 is 5.32 Å². The second kappa shape index (κ2) is 5.97. The first kappa shape index (κ1) is 15.4. The van der Waals surface area contributed by atoms with Crippen LogP contribution in [0.3, 0.4) is 0 Å². The summed E-state index contributed by atoms with van der Waals surface area (Å²) < 4.78 is 37.1. The van der Waals surface area contributed by atoms with Gasteiger partial charge in [-0.2, -0.15) is 13.2 Å². The lowest BCUT2D eigenvalue weighted by Crippen LogP contribution is -2.42. The molecule has 1 aromatic heterocycles. The minimum Gasteiger partial charge on any atom is -0.362 e. The molecule has 0 atom stereocenters. The van der Waals surface area contributed by atoms with Crippen molar-refractivity contribution in [2.45, 2.75) is 25.1 Å². The highest BCUT2D eigenvalue weighted by atomic mass is 35.5. The molecule has 1 rings (SSSR count). The number of rotatable bonds is 5. The lowest BCUT2D eigenvalue weighted by Gasteiger charge is -2.30. The molecular formula is C11H13Cl2F3N2. The summed E-state index contributed by atoms with van der Waals surface area (Å²) >= 11 is 11.6. The van der Waals surface area contributed by atoms with Gasteiger partial charge in [-0.25, -0.2) is 4.98 Å². The van der Waals surface area contributed by atoms with Crippen LogP contribution in [-0.2, 0) is 6.18 Å². The fraction of sp³-hybridized carbons (Fsp3) is 0.545. The highest BCUT2D eigenvalue weighted by Crippen LogP contribution is 2.29. The normalized spacial score (nSPS) is 12.6. The second-order valence-corrected chi connectivity index (χ2v) is 4.49. The highest BCUT2D eigenvalue weighted by Gasteiger charge is 2.31. The van der Waals surface area contributed by atoms with Crippen molar-refractivity contribution in [2.24, 2.45) is 0 Å². The molecule has 0 bridgehead atoms. The fourth-order valence-corrected chi connectivity index (χ4v) is 2.08. The molecule has 0 aliphatic carbocycles. The van der Waals surface area contributed by atoms with E-state index in [-0.39, 0.29) is 11.8 Å². The van der Waals surface area contributed by atoms with Crippen LogP contribution in [-0.4, -0.2) is 22.3 Å². The molecule has 102 valence electrons. The number of aromatic nitrogens is 1. The quantitative estimate of drug-likeness (QED) is 0.827. The number of anilines is 1. The maximum absolute atomic E-state index is 12.4. The van der Waals surface area contributed by atoms with Gasteiger partial charge < -0.3 is 5.32 Å². The van der Waals surface area contributed by atoms with Gasteiger partial charge in [-0.3, -0.25) is 0 Å². The first-order chi connectivity index (χ1) is 8.37. The van der Waals surface area contributed by atoms with E-state index in [0.717, 1.165) is 12.3 Å². The lowest BCUT2D eigenvalue weighted by atomic mass is 10.0. The fourth-order valence-electron chi connectivity index (χ4n) is 1.29. The van der Waals surface area contributed by atoms with E-state index in [4.69, 9.17) is 23.2 Å². The Morgan fingerprint density at radius 1 is 1.22 bits per heavy atom. The Hall–Kier alpha value is -0.680. The van der Waals surface area contributed by atoms with Crippen LogP contribution in [0.2, 0.25) is 0 Å². The molecule has 1 N–H and O–H groups in total. The predicted octanol–water partition coefficient (Wildman–Crippen LogP) is 4.14. The van der Waals surface area contributed by atoms with Crippen LogP contribution in [0.1, 0.15) is 18.9 Å². The zero-order valence-corrected chi connectivity index (χ0v) is 11.2. The molecule has 7 heteroatoms. The molecule has 0 unspecified atom stereocenters. The Labute approximate surface area is 113 Å². The third-order valence-electron chi connectivity index (χ3n) is 2.67. The van der Waals surface area contributed by atoms with E-state index in [1.54, 1.807) is 0 Å². The Morgan fingerprint density at radius 3 is 2.17 bits per heavy atom. The predicted molar refractivity (Wildman–Crippen MR) is 67.3 cm³/mol. The van der Waals surface area contributed by atoms with Gasteiger partial charge in [0.25, 0.3) is 0 Å². The van der Waals surface area contributed by atoms with Gasteiger partial charge in [0.1, 0.15) is 5.82 Å². The molecule has 0 radical (unpaired) electrons. The van der Waals surface area contributed by atoms with Gasteiger partial charge in [0.15, 0.2) is 0 Å². The second-order valence-electron chi connectivity index (χ2n) is 3.96. The van der Waals surface area contributed by atoms with E-state index in [0.29, 0.717) is 12.2 Å². The van der Waals surface area contributed by atoms with E-state index in [1.807, 2.05) is 6.92 Å². The largest absolute Gasteiger partial charge is 0.417 e. The van der Waals surface area contributed by atoms with E-state index < -0.39 is 17.3 Å². The number of nitrogens with zero attached hydrogens (tertiary/aromatic N) is 1. The zero-order chi connectivity index (χ0) is 13.8. The molecule has 0 amide bonds. The van der Waals surface area contributed by atoms with Gasteiger partial charge in [0.2, 0.25) is 0 Å². The minimum atomic E-state index is -4.38. The Morgan fingerprint density at radius 2 is 1.83 bits per heavy atom. The molecule has 0 fully saturated rings. The summed E-state index contributed by atoms with van der Waals surface area (Å²) in [5, 5.41) is 2.98. The first-order valence-electron chi connectivity index (χ1n) is 5.30. The highest BCUT2D eigenvalue weighted by molar-refractivity contribution is 6.22. The summed E-state index contributed by atoms with van der Waals surface area (Å²) in [6.45, 7) is 1.89. The van der Waals surface area contributed by atoms with Gasteiger partial charge >= 0.3 is 6.18 Å². The minimum absolute atomic E-state index is 0.246. The van der Waals surface area contributed by atoms with Gasteiger partial charge in [0, 0.05) is 18.0 Å². The van der Waals surface area contributed by atoms with E-state index in [9.17, 15) is 13.2 Å². The van der Waals surface area contributed by atoms with E-state index >= 15 is 0 Å². The van der Waals surface area contributed by atoms with Crippen molar-refractivity contribution in [3.63, 3.8) is 0 Å². The maximum atomic E-state index is 12.4. The maximum Gasteiger partial charge on any atom is 0.417 e. The van der Waals surface area contributed by atoms with Crippen molar-refractivity contribution < 1.29 is 13.2 Å². The van der Waals surface area contributed by atoms with Crippen LogP contribution in [0.5, 0.6) is 0 Å². The van der Waals surface area contributed by atoms with Gasteiger partial charge in [-0.05, 0) is 18.6 Å². The van der Waals surface area contributed by atoms with E-state index in [1.165, 1.54) is 6.07 Å². The lowest BCUT2D eigenvalue weighted by molar-refractivity contribution is -0.137. The number of hydrogen-bond acceptors (Lipinski definition) is 2. The molecule has 0 aliphatic heterocycles. The molecule has 2 nitrogen and oxygen atoms in total. The number of hydrogen-bond donors (Lipinski definition) is 1. The molecule has 0 aliphatic rings. The molecule has 1 heterocycles. The zero-order valence-electron chi connectivity index (χ0n) is 9.69. The standard InChI is InChI=1S/C11H13Cl2F3N2/c1-2-10(6-12,7-13)18-9-4-3-8(5-17-9)11(14,15)16/h3-5H,2,6-7H2,1H3,(H,17,18). The van der Waals surface area contributed by atoms with Gasteiger partial charge in [-0.1, -0.05) is 6.92 Å². The van der Waals surface area contributed by atoms with Crippen LogP contribution in [0.25, 0.3) is 0 Å². The van der Waals surface area contributed by atoms with Crippen LogP contribution in [0, 0.1) is 0 Å². The number of nitrogens with one attached hydrogen (secondary N) is 1. The number of alkyl halides is 5. The molecule has 0 saturated heterocycles. The SMILES string of the molecule is CCC(CCl)(CCl)Nc1ccc(C(F)(F)F)cn1. The van der Waals surface area contributed by atoms with Crippen LogP contribution in [0.15, 0.2) is 18.3 Å². The van der Waals surface area contributed by atoms with Crippen molar-refractivity contribution in [1.82, 2.24) is 4.98 Å². The average Bonchev–Trinajstić information content (AvgIpc) is 2.36. The molecular weight excluding hydrogens is 288 g/mol. The molecule has 1 aromatic rings. The molecule has 0 aromatic carbocycles. The third-order valence-corrected chi connectivity index (χ3v) is 3.70. The number of halogens is 5. The molecule has 0 saturated carbocycles. The average molecular weight is 301 g/mol. The molecule has 0 spiro atoms. The van der Waals surface area contributed by atoms with Crippen molar-refractivity contribution in [1.29, 1.82) is 0 Å². The summed E-state index contributed by atoms with van der Waals surface area (Å²) in [6, 6.07) is 2.24. The summed E-state index contributed by atoms with van der Waals surface area (Å²) in [5.41, 5.74) is -1.34. The Balaban J connectivity index is 2.86. The van der Waals surface area contributed by atoms with Crippen molar-refractivity contribution >= 4 is 29.0 Å². The Kier molecular flexibility index (Phi) is 5.10. The van der Waals surface area contributed by atoms with Crippen molar-refractivity contribution in [3.05, 3.63) is 23.9 Å². The van der Waals surface area contributed by atoms with Crippen LogP contribution in [0.4, 0.5) is 19.0 Å². The smallest absolute Gasteiger partial charge is 0.362 e. The summed E-state index contributed by atoms with van der Waals surface area (Å²) in [7, 11) is 0. The molecule has 18 heavy (non-hydrogen) atoms. The first-order valence-corrected chi connectivity index (χ1v) is 6.37. The number of pyridine rings is 1. The van der Waals surface area contributed by atoms with E-state index in [2.05, 4.69) is 10.3 Å². The topological polar surface area (TPSA) is 24.9 Å².